The minimum absolute atomic E-state index is 0. The van der Waals surface area contributed by atoms with Crippen LogP contribution >= 0.6 is 24.8 Å². The summed E-state index contributed by atoms with van der Waals surface area (Å²) in [5, 5.41) is 9.20. The van der Waals surface area contributed by atoms with Crippen LogP contribution in [0, 0.1) is 0 Å². The zero-order chi connectivity index (χ0) is 20.2. The van der Waals surface area contributed by atoms with Crippen molar-refractivity contribution in [3.05, 3.63) is 29.3 Å². The van der Waals surface area contributed by atoms with Gasteiger partial charge in [-0.25, -0.2) is 0 Å². The smallest absolute Gasteiger partial charge is 0.255 e. The number of unbranched alkanes of at least 4 members (excludes halogenated alkanes) is 1. The molecule has 10 heteroatoms. The molecule has 0 radical (unpaired) electrons. The van der Waals surface area contributed by atoms with Gasteiger partial charge in [-0.3, -0.25) is 19.7 Å². The number of halogens is 2. The number of amides is 3. The third-order valence-electron chi connectivity index (χ3n) is 6.01. The number of nitrogens with zero attached hydrogens (tertiary/aromatic N) is 2. The lowest BCUT2D eigenvalue weighted by molar-refractivity contribution is -0.136. The van der Waals surface area contributed by atoms with Gasteiger partial charge in [0.25, 0.3) is 5.91 Å². The van der Waals surface area contributed by atoms with E-state index in [9.17, 15) is 14.4 Å². The summed E-state index contributed by atoms with van der Waals surface area (Å²) in [6.07, 6.45) is 2.87. The van der Waals surface area contributed by atoms with Crippen molar-refractivity contribution in [2.24, 2.45) is 0 Å². The quantitative estimate of drug-likeness (QED) is 0.410. The highest BCUT2D eigenvalue weighted by atomic mass is 35.5. The molecule has 0 spiro atoms. The molecule has 2 fully saturated rings. The van der Waals surface area contributed by atoms with Crippen LogP contribution in [0.4, 0.5) is 5.69 Å². The third-order valence-corrected chi connectivity index (χ3v) is 6.01. The van der Waals surface area contributed by atoms with Gasteiger partial charge in [0.15, 0.2) is 0 Å². The van der Waals surface area contributed by atoms with Gasteiger partial charge in [0.05, 0.1) is 0 Å². The number of anilines is 1. The molecule has 3 heterocycles. The largest absolute Gasteiger partial charge is 0.385 e. The number of fused-ring (bicyclic) bond motifs is 1. The first-order valence-corrected chi connectivity index (χ1v) is 10.6. The zero-order valence-electron chi connectivity index (χ0n) is 17.5. The highest BCUT2D eigenvalue weighted by Gasteiger charge is 2.39. The molecule has 1 aromatic carbocycles. The number of carbonyl (C=O) groups is 3. The predicted molar refractivity (Wildman–Crippen MR) is 124 cm³/mol. The SMILES string of the molecule is Cl.Cl.O=C1CCC(N2Cc3c(NCCCCN4CCNCC4)cccc3C2=O)C(=O)N1. The van der Waals surface area contributed by atoms with Gasteiger partial charge in [0, 0.05) is 62.5 Å². The highest BCUT2D eigenvalue weighted by Crippen LogP contribution is 2.32. The Kier molecular flexibility index (Phi) is 9.55. The Hall–Kier alpha value is -1.87. The summed E-state index contributed by atoms with van der Waals surface area (Å²) in [7, 11) is 0. The summed E-state index contributed by atoms with van der Waals surface area (Å²) in [4.78, 5) is 40.5. The Morgan fingerprint density at radius 1 is 1.06 bits per heavy atom. The van der Waals surface area contributed by atoms with Gasteiger partial charge in [0.2, 0.25) is 11.8 Å². The number of rotatable bonds is 7. The van der Waals surface area contributed by atoms with Gasteiger partial charge in [-0.1, -0.05) is 6.07 Å². The summed E-state index contributed by atoms with van der Waals surface area (Å²) in [5.41, 5.74) is 2.57. The lowest BCUT2D eigenvalue weighted by Crippen LogP contribution is -2.52. The van der Waals surface area contributed by atoms with Crippen molar-refractivity contribution in [1.29, 1.82) is 0 Å². The van der Waals surface area contributed by atoms with Crippen molar-refractivity contribution in [2.45, 2.75) is 38.3 Å². The summed E-state index contributed by atoms with van der Waals surface area (Å²) in [5.74, 6) is -0.764. The topological polar surface area (TPSA) is 93.8 Å². The van der Waals surface area contributed by atoms with Crippen LogP contribution in [0.2, 0.25) is 0 Å². The average Bonchev–Trinajstić information content (AvgIpc) is 3.06. The molecule has 0 aliphatic carbocycles. The van der Waals surface area contributed by atoms with E-state index in [1.54, 1.807) is 4.90 Å². The second-order valence-corrected chi connectivity index (χ2v) is 7.96. The van der Waals surface area contributed by atoms with Crippen molar-refractivity contribution < 1.29 is 14.4 Å². The average molecular weight is 472 g/mol. The molecule has 3 N–H and O–H groups in total. The first-order chi connectivity index (χ1) is 14.1. The second kappa shape index (κ2) is 11.7. The summed E-state index contributed by atoms with van der Waals surface area (Å²) in [6, 6.07) is 5.13. The van der Waals surface area contributed by atoms with Gasteiger partial charge < -0.3 is 20.4 Å². The molecule has 172 valence electrons. The fourth-order valence-corrected chi connectivity index (χ4v) is 4.37. The minimum atomic E-state index is -0.570. The first kappa shape index (κ1) is 25.4. The Morgan fingerprint density at radius 3 is 2.58 bits per heavy atom. The number of piperidine rings is 1. The Bertz CT molecular complexity index is 801. The molecule has 2 saturated heterocycles. The molecule has 3 aliphatic heterocycles. The molecule has 0 aromatic heterocycles. The number of imide groups is 1. The van der Waals surface area contributed by atoms with E-state index in [1.165, 1.54) is 0 Å². The van der Waals surface area contributed by atoms with Gasteiger partial charge in [-0.15, -0.1) is 24.8 Å². The third kappa shape index (κ3) is 5.88. The van der Waals surface area contributed by atoms with Gasteiger partial charge >= 0.3 is 0 Å². The van der Waals surface area contributed by atoms with E-state index in [0.29, 0.717) is 18.5 Å². The van der Waals surface area contributed by atoms with E-state index in [-0.39, 0.29) is 49.0 Å². The Morgan fingerprint density at radius 2 is 1.84 bits per heavy atom. The van der Waals surface area contributed by atoms with Crippen LogP contribution in [-0.2, 0) is 16.1 Å². The number of nitrogens with one attached hydrogen (secondary N) is 3. The number of carbonyl (C=O) groups excluding carboxylic acids is 3. The van der Waals surface area contributed by atoms with Crippen LogP contribution in [0.25, 0.3) is 0 Å². The van der Waals surface area contributed by atoms with E-state index in [1.807, 2.05) is 18.2 Å². The normalized spacial score (nSPS) is 21.1. The monoisotopic (exact) mass is 471 g/mol. The van der Waals surface area contributed by atoms with E-state index in [2.05, 4.69) is 20.9 Å². The Labute approximate surface area is 195 Å². The molecule has 1 aromatic rings. The van der Waals surface area contributed by atoms with Crippen molar-refractivity contribution in [2.75, 3.05) is 44.6 Å². The van der Waals surface area contributed by atoms with Crippen LogP contribution in [0.1, 0.15) is 41.6 Å². The first-order valence-electron chi connectivity index (χ1n) is 10.6. The molecule has 3 aliphatic rings. The molecular weight excluding hydrogens is 441 g/mol. The fraction of sp³-hybridized carbons (Fsp3) is 0.571. The Balaban J connectivity index is 0.00000171. The van der Waals surface area contributed by atoms with Gasteiger partial charge in [-0.2, -0.15) is 0 Å². The number of benzene rings is 1. The molecule has 3 amide bonds. The van der Waals surface area contributed by atoms with Crippen molar-refractivity contribution in [3.63, 3.8) is 0 Å². The number of hydrogen-bond acceptors (Lipinski definition) is 6. The molecule has 31 heavy (non-hydrogen) atoms. The lowest BCUT2D eigenvalue weighted by Gasteiger charge is -2.29. The number of hydrogen-bond donors (Lipinski definition) is 3. The van der Waals surface area contributed by atoms with E-state index < -0.39 is 6.04 Å². The van der Waals surface area contributed by atoms with Crippen molar-refractivity contribution >= 4 is 48.2 Å². The molecule has 0 bridgehead atoms. The summed E-state index contributed by atoms with van der Waals surface area (Å²) >= 11 is 0. The maximum Gasteiger partial charge on any atom is 0.255 e. The second-order valence-electron chi connectivity index (χ2n) is 7.96. The van der Waals surface area contributed by atoms with E-state index in [0.717, 1.165) is 63.4 Å². The van der Waals surface area contributed by atoms with Crippen LogP contribution in [0.5, 0.6) is 0 Å². The molecule has 0 saturated carbocycles. The van der Waals surface area contributed by atoms with E-state index >= 15 is 0 Å². The van der Waals surface area contributed by atoms with Gasteiger partial charge in [0.1, 0.15) is 6.04 Å². The molecule has 1 unspecified atom stereocenters. The van der Waals surface area contributed by atoms with Crippen LogP contribution in [0.3, 0.4) is 0 Å². The minimum Gasteiger partial charge on any atom is -0.385 e. The standard InChI is InChI=1S/C21H29N5O3.2ClH/c27-19-7-6-18(20(28)24-19)26-14-16-15(21(26)29)4-3-5-17(16)23-8-1-2-11-25-12-9-22-10-13-25;;/h3-5,18,22-23H,1-2,6-14H2,(H,24,27,28);2*1H. The van der Waals surface area contributed by atoms with Crippen LogP contribution in [0.15, 0.2) is 18.2 Å². The molecular formula is C21H31Cl2N5O3. The van der Waals surface area contributed by atoms with Crippen molar-refractivity contribution in [1.82, 2.24) is 20.4 Å². The van der Waals surface area contributed by atoms with Crippen LogP contribution in [-0.4, -0.2) is 72.8 Å². The molecule has 8 nitrogen and oxygen atoms in total. The number of piperazine rings is 1. The zero-order valence-corrected chi connectivity index (χ0v) is 19.2. The van der Waals surface area contributed by atoms with E-state index in [4.69, 9.17) is 0 Å². The fourth-order valence-electron chi connectivity index (χ4n) is 4.37. The van der Waals surface area contributed by atoms with Crippen LogP contribution < -0.4 is 16.0 Å². The predicted octanol–water partition coefficient (Wildman–Crippen LogP) is 1.39. The summed E-state index contributed by atoms with van der Waals surface area (Å²) in [6.45, 7) is 6.78. The lowest BCUT2D eigenvalue weighted by atomic mass is 10.0. The molecule has 1 atom stereocenters. The highest BCUT2D eigenvalue weighted by molar-refractivity contribution is 6.06. The van der Waals surface area contributed by atoms with Crippen molar-refractivity contribution in [3.8, 4) is 0 Å². The maximum absolute atomic E-state index is 12.8. The van der Waals surface area contributed by atoms with Gasteiger partial charge in [-0.05, 0) is 37.9 Å². The molecule has 4 rings (SSSR count). The summed E-state index contributed by atoms with van der Waals surface area (Å²) < 4.78 is 0. The maximum atomic E-state index is 12.8.